The standard InChI is InChI=1S/C24H27NO/c1-24(2,3)26-23-16-14-22(15-17-23)25(18-20-10-6-4-7-11-20)19-21-12-8-5-9-13-21/h4-17H,18-19H2,1-3H3. The quantitative estimate of drug-likeness (QED) is 0.537. The number of hydrogen-bond donors (Lipinski definition) is 0. The third kappa shape index (κ3) is 5.38. The smallest absolute Gasteiger partial charge is 0.120 e. The topological polar surface area (TPSA) is 12.5 Å². The summed E-state index contributed by atoms with van der Waals surface area (Å²) in [5.74, 6) is 0.903. The maximum absolute atomic E-state index is 5.95. The summed E-state index contributed by atoms with van der Waals surface area (Å²) in [6.45, 7) is 7.94. The molecule has 0 aromatic heterocycles. The van der Waals surface area contributed by atoms with Crippen LogP contribution in [0, 0.1) is 0 Å². The minimum Gasteiger partial charge on any atom is -0.488 e. The van der Waals surface area contributed by atoms with E-state index >= 15 is 0 Å². The van der Waals surface area contributed by atoms with E-state index in [1.807, 2.05) is 0 Å². The van der Waals surface area contributed by atoms with E-state index < -0.39 is 0 Å². The Hall–Kier alpha value is -2.74. The van der Waals surface area contributed by atoms with Crippen LogP contribution in [0.1, 0.15) is 31.9 Å². The molecule has 0 aliphatic rings. The lowest BCUT2D eigenvalue weighted by atomic mass is 10.1. The minimum atomic E-state index is -0.185. The molecule has 0 saturated heterocycles. The molecule has 0 spiro atoms. The largest absolute Gasteiger partial charge is 0.488 e. The Kier molecular flexibility index (Phi) is 5.62. The molecule has 134 valence electrons. The average Bonchev–Trinajstić information content (AvgIpc) is 2.62. The van der Waals surface area contributed by atoms with Crippen LogP contribution in [0.4, 0.5) is 5.69 Å². The lowest BCUT2D eigenvalue weighted by Gasteiger charge is -2.26. The van der Waals surface area contributed by atoms with E-state index in [2.05, 4.69) is 111 Å². The monoisotopic (exact) mass is 345 g/mol. The summed E-state index contributed by atoms with van der Waals surface area (Å²) < 4.78 is 5.95. The van der Waals surface area contributed by atoms with Gasteiger partial charge < -0.3 is 9.64 Å². The van der Waals surface area contributed by atoms with E-state index in [-0.39, 0.29) is 5.60 Å². The van der Waals surface area contributed by atoms with E-state index in [9.17, 15) is 0 Å². The second-order valence-electron chi connectivity index (χ2n) is 7.54. The van der Waals surface area contributed by atoms with Gasteiger partial charge in [0.05, 0.1) is 0 Å². The zero-order valence-corrected chi connectivity index (χ0v) is 15.9. The molecule has 0 aliphatic carbocycles. The van der Waals surface area contributed by atoms with Gasteiger partial charge >= 0.3 is 0 Å². The van der Waals surface area contributed by atoms with Crippen LogP contribution in [0.5, 0.6) is 5.75 Å². The number of rotatable bonds is 6. The van der Waals surface area contributed by atoms with Gasteiger partial charge in [-0.15, -0.1) is 0 Å². The minimum absolute atomic E-state index is 0.185. The van der Waals surface area contributed by atoms with E-state index in [0.29, 0.717) is 0 Å². The van der Waals surface area contributed by atoms with Gasteiger partial charge in [0.1, 0.15) is 11.4 Å². The van der Waals surface area contributed by atoms with Crippen LogP contribution in [0.15, 0.2) is 84.9 Å². The summed E-state index contributed by atoms with van der Waals surface area (Å²) in [7, 11) is 0. The maximum Gasteiger partial charge on any atom is 0.120 e. The molecule has 3 aromatic rings. The Bertz CT molecular complexity index is 748. The highest BCUT2D eigenvalue weighted by Crippen LogP contribution is 2.25. The fourth-order valence-electron chi connectivity index (χ4n) is 2.92. The third-order valence-electron chi connectivity index (χ3n) is 4.06. The molecule has 3 aromatic carbocycles. The molecule has 0 bridgehead atoms. The lowest BCUT2D eigenvalue weighted by Crippen LogP contribution is -2.23. The molecule has 0 unspecified atom stereocenters. The van der Waals surface area contributed by atoms with Crippen LogP contribution in [0.3, 0.4) is 0 Å². The normalized spacial score (nSPS) is 11.2. The van der Waals surface area contributed by atoms with Gasteiger partial charge in [-0.05, 0) is 56.2 Å². The number of anilines is 1. The second kappa shape index (κ2) is 8.09. The first-order valence-electron chi connectivity index (χ1n) is 9.11. The van der Waals surface area contributed by atoms with Crippen LogP contribution in [-0.4, -0.2) is 5.60 Å². The highest BCUT2D eigenvalue weighted by Gasteiger charge is 2.13. The molecule has 26 heavy (non-hydrogen) atoms. The van der Waals surface area contributed by atoms with Crippen LogP contribution in [0.2, 0.25) is 0 Å². The Morgan fingerprint density at radius 1 is 0.654 bits per heavy atom. The van der Waals surface area contributed by atoms with Crippen LogP contribution < -0.4 is 9.64 Å². The van der Waals surface area contributed by atoms with Crippen molar-refractivity contribution >= 4 is 5.69 Å². The molecule has 0 N–H and O–H groups in total. The molecular weight excluding hydrogens is 318 g/mol. The summed E-state index contributed by atoms with van der Waals surface area (Å²) in [6.07, 6.45) is 0. The van der Waals surface area contributed by atoms with Gasteiger partial charge in [-0.1, -0.05) is 60.7 Å². The zero-order valence-electron chi connectivity index (χ0n) is 15.9. The van der Waals surface area contributed by atoms with Crippen molar-refractivity contribution in [2.75, 3.05) is 4.90 Å². The maximum atomic E-state index is 5.95. The Labute approximate surface area is 157 Å². The van der Waals surface area contributed by atoms with Crippen molar-refractivity contribution in [2.24, 2.45) is 0 Å². The zero-order chi connectivity index (χ0) is 18.4. The number of ether oxygens (including phenoxy) is 1. The lowest BCUT2D eigenvalue weighted by molar-refractivity contribution is 0.131. The molecule has 0 heterocycles. The fourth-order valence-corrected chi connectivity index (χ4v) is 2.92. The fraction of sp³-hybridized carbons (Fsp3) is 0.250. The highest BCUT2D eigenvalue weighted by molar-refractivity contribution is 5.50. The predicted molar refractivity (Wildman–Crippen MR) is 110 cm³/mol. The first-order valence-corrected chi connectivity index (χ1v) is 9.11. The molecule has 0 atom stereocenters. The Balaban J connectivity index is 1.82. The molecule has 0 aliphatic heterocycles. The van der Waals surface area contributed by atoms with Crippen molar-refractivity contribution in [1.29, 1.82) is 0 Å². The molecule has 0 fully saturated rings. The summed E-state index contributed by atoms with van der Waals surface area (Å²) >= 11 is 0. The highest BCUT2D eigenvalue weighted by atomic mass is 16.5. The first-order chi connectivity index (χ1) is 12.5. The van der Waals surface area contributed by atoms with Gasteiger partial charge in [0, 0.05) is 18.8 Å². The van der Waals surface area contributed by atoms with E-state index in [4.69, 9.17) is 4.74 Å². The molecule has 0 saturated carbocycles. The molecule has 3 rings (SSSR count). The summed E-state index contributed by atoms with van der Waals surface area (Å²) in [6, 6.07) is 29.6. The second-order valence-corrected chi connectivity index (χ2v) is 7.54. The molecule has 2 nitrogen and oxygen atoms in total. The first kappa shape index (κ1) is 18.1. The summed E-state index contributed by atoms with van der Waals surface area (Å²) in [5, 5.41) is 0. The molecule has 2 heteroatoms. The van der Waals surface area contributed by atoms with Crippen LogP contribution >= 0.6 is 0 Å². The average molecular weight is 345 g/mol. The van der Waals surface area contributed by atoms with Crippen molar-refractivity contribution in [1.82, 2.24) is 0 Å². The molecule has 0 radical (unpaired) electrons. The van der Waals surface area contributed by atoms with Crippen molar-refractivity contribution in [3.63, 3.8) is 0 Å². The van der Waals surface area contributed by atoms with Crippen molar-refractivity contribution < 1.29 is 4.74 Å². The van der Waals surface area contributed by atoms with Crippen molar-refractivity contribution in [3.8, 4) is 5.75 Å². The van der Waals surface area contributed by atoms with Gasteiger partial charge in [-0.3, -0.25) is 0 Å². The van der Waals surface area contributed by atoms with E-state index in [1.165, 1.54) is 16.8 Å². The van der Waals surface area contributed by atoms with Crippen LogP contribution in [-0.2, 0) is 13.1 Å². The van der Waals surface area contributed by atoms with Crippen molar-refractivity contribution in [2.45, 2.75) is 39.5 Å². The van der Waals surface area contributed by atoms with E-state index in [1.54, 1.807) is 0 Å². The molecule has 0 amide bonds. The number of nitrogens with zero attached hydrogens (tertiary/aromatic N) is 1. The van der Waals surface area contributed by atoms with E-state index in [0.717, 1.165) is 18.8 Å². The third-order valence-corrected chi connectivity index (χ3v) is 4.06. The van der Waals surface area contributed by atoms with Gasteiger partial charge in [-0.2, -0.15) is 0 Å². The van der Waals surface area contributed by atoms with Crippen LogP contribution in [0.25, 0.3) is 0 Å². The van der Waals surface area contributed by atoms with Gasteiger partial charge in [0.15, 0.2) is 0 Å². The summed E-state index contributed by atoms with van der Waals surface area (Å²) in [4.78, 5) is 2.39. The number of benzene rings is 3. The Morgan fingerprint density at radius 3 is 1.54 bits per heavy atom. The predicted octanol–water partition coefficient (Wildman–Crippen LogP) is 6.07. The molecular formula is C24H27NO. The Morgan fingerprint density at radius 2 is 1.12 bits per heavy atom. The van der Waals surface area contributed by atoms with Gasteiger partial charge in [0.25, 0.3) is 0 Å². The van der Waals surface area contributed by atoms with Gasteiger partial charge in [0.2, 0.25) is 0 Å². The number of hydrogen-bond acceptors (Lipinski definition) is 2. The van der Waals surface area contributed by atoms with Crippen molar-refractivity contribution in [3.05, 3.63) is 96.1 Å². The summed E-state index contributed by atoms with van der Waals surface area (Å²) in [5.41, 5.74) is 3.62. The SMILES string of the molecule is CC(C)(C)Oc1ccc(N(Cc2ccccc2)Cc2ccccc2)cc1. The van der Waals surface area contributed by atoms with Gasteiger partial charge in [-0.25, -0.2) is 0 Å².